The Morgan fingerprint density at radius 3 is 2.36 bits per heavy atom. The Balaban J connectivity index is 3.91. The third-order valence-corrected chi connectivity index (χ3v) is 3.28. The second-order valence-corrected chi connectivity index (χ2v) is 5.29. The number of rotatable bonds is 14. The highest BCUT2D eigenvalue weighted by Crippen LogP contribution is 2.05. The quantitative estimate of drug-likeness (QED) is 0.149. The van der Waals surface area contributed by atoms with Gasteiger partial charge in [-0.3, -0.25) is 10.1 Å². The number of nitro groups is 1. The van der Waals surface area contributed by atoms with Gasteiger partial charge in [0.1, 0.15) is 6.29 Å². The van der Waals surface area contributed by atoms with Crippen LogP contribution in [0.5, 0.6) is 0 Å². The maximum atomic E-state index is 10.9. The molecule has 0 aliphatic rings. The van der Waals surface area contributed by atoms with Gasteiger partial charge in [-0.15, -0.1) is 0 Å². The minimum Gasteiger partial charge on any atom is -0.303 e. The van der Waals surface area contributed by atoms with Crippen molar-refractivity contribution >= 4 is 6.29 Å². The van der Waals surface area contributed by atoms with Crippen LogP contribution in [0.1, 0.15) is 64.7 Å². The topological polar surface area (TPSA) is 60.2 Å². The maximum absolute atomic E-state index is 10.9. The van der Waals surface area contributed by atoms with Crippen molar-refractivity contribution in [1.82, 2.24) is 0 Å². The SMILES string of the molecule is CCCCC/C=C/C/C=C/CC(/C=C/CCCC=O)[N+](=O)[O-]. The first-order valence-electron chi connectivity index (χ1n) is 8.26. The second kappa shape index (κ2) is 15.7. The van der Waals surface area contributed by atoms with Crippen molar-refractivity contribution in [3.8, 4) is 0 Å². The first-order chi connectivity index (χ1) is 10.7. The zero-order valence-corrected chi connectivity index (χ0v) is 13.7. The molecule has 0 saturated heterocycles. The van der Waals surface area contributed by atoms with Gasteiger partial charge in [-0.2, -0.15) is 0 Å². The number of carbonyl (C=O) groups is 1. The Morgan fingerprint density at radius 2 is 1.68 bits per heavy atom. The zero-order chi connectivity index (χ0) is 16.5. The predicted octanol–water partition coefficient (Wildman–Crippen LogP) is 5.03. The Kier molecular flexibility index (Phi) is 14.5. The van der Waals surface area contributed by atoms with E-state index in [1.807, 2.05) is 12.2 Å². The van der Waals surface area contributed by atoms with Crippen LogP contribution in [0, 0.1) is 10.1 Å². The minimum absolute atomic E-state index is 0.263. The highest BCUT2D eigenvalue weighted by molar-refractivity contribution is 5.49. The van der Waals surface area contributed by atoms with Gasteiger partial charge in [0.15, 0.2) is 0 Å². The molecule has 4 heteroatoms. The van der Waals surface area contributed by atoms with Crippen molar-refractivity contribution in [2.45, 2.75) is 70.8 Å². The molecule has 1 atom stereocenters. The van der Waals surface area contributed by atoms with Crippen LogP contribution in [0.25, 0.3) is 0 Å². The molecule has 0 fully saturated rings. The van der Waals surface area contributed by atoms with E-state index in [0.717, 1.165) is 25.5 Å². The summed E-state index contributed by atoms with van der Waals surface area (Å²) in [5.74, 6) is 0. The highest BCUT2D eigenvalue weighted by Gasteiger charge is 2.12. The first-order valence-corrected chi connectivity index (χ1v) is 8.26. The standard InChI is InChI=1S/C18H29NO3/c1-2-3-4-5-6-7-8-9-12-15-18(19(21)22)16-13-10-11-14-17-20/h6-7,9,12-13,16-18H,2-5,8,10-11,14-15H2,1H3/b7-6+,12-9+,16-13+. The summed E-state index contributed by atoms with van der Waals surface area (Å²) in [7, 11) is 0. The van der Waals surface area contributed by atoms with Gasteiger partial charge in [-0.05, 0) is 38.2 Å². The molecule has 4 nitrogen and oxygen atoms in total. The average Bonchev–Trinajstić information content (AvgIpc) is 2.50. The normalized spacial score (nSPS) is 13.3. The molecule has 124 valence electrons. The molecular weight excluding hydrogens is 278 g/mol. The average molecular weight is 307 g/mol. The van der Waals surface area contributed by atoms with E-state index in [0.29, 0.717) is 19.3 Å². The van der Waals surface area contributed by atoms with Crippen molar-refractivity contribution < 1.29 is 9.72 Å². The Bertz CT molecular complexity index is 373. The molecule has 0 aliphatic heterocycles. The van der Waals surface area contributed by atoms with Crippen LogP contribution in [0.15, 0.2) is 36.5 Å². The number of carbonyl (C=O) groups excluding carboxylic acids is 1. The number of nitrogens with zero attached hydrogens (tertiary/aromatic N) is 1. The Morgan fingerprint density at radius 1 is 0.955 bits per heavy atom. The van der Waals surface area contributed by atoms with Crippen LogP contribution in [0.4, 0.5) is 0 Å². The van der Waals surface area contributed by atoms with Gasteiger partial charge in [0, 0.05) is 17.8 Å². The monoisotopic (exact) mass is 307 g/mol. The molecule has 0 N–H and O–H groups in total. The van der Waals surface area contributed by atoms with Gasteiger partial charge in [0.25, 0.3) is 0 Å². The third kappa shape index (κ3) is 13.3. The van der Waals surface area contributed by atoms with Gasteiger partial charge in [-0.25, -0.2) is 0 Å². The van der Waals surface area contributed by atoms with Gasteiger partial charge >= 0.3 is 0 Å². The van der Waals surface area contributed by atoms with Gasteiger partial charge < -0.3 is 4.79 Å². The van der Waals surface area contributed by atoms with Gasteiger partial charge in [0.2, 0.25) is 6.04 Å². The molecule has 0 aromatic heterocycles. The summed E-state index contributed by atoms with van der Waals surface area (Å²) in [6, 6.07) is -0.666. The molecule has 0 radical (unpaired) electrons. The molecule has 1 unspecified atom stereocenters. The Labute approximate surface area is 134 Å². The lowest BCUT2D eigenvalue weighted by atomic mass is 10.1. The lowest BCUT2D eigenvalue weighted by Crippen LogP contribution is -2.15. The third-order valence-electron chi connectivity index (χ3n) is 3.28. The zero-order valence-electron chi connectivity index (χ0n) is 13.7. The molecule has 22 heavy (non-hydrogen) atoms. The molecule has 0 heterocycles. The summed E-state index contributed by atoms with van der Waals surface area (Å²) < 4.78 is 0. The maximum Gasteiger partial charge on any atom is 0.234 e. The van der Waals surface area contributed by atoms with Crippen molar-refractivity contribution in [3.05, 3.63) is 46.6 Å². The molecule has 0 spiro atoms. The molecular formula is C18H29NO3. The summed E-state index contributed by atoms with van der Waals surface area (Å²) in [4.78, 5) is 20.8. The molecule has 0 saturated carbocycles. The van der Waals surface area contributed by atoms with Gasteiger partial charge in [0.05, 0.1) is 0 Å². The number of aldehydes is 1. The summed E-state index contributed by atoms with van der Waals surface area (Å²) in [5, 5.41) is 10.9. The van der Waals surface area contributed by atoms with E-state index in [1.165, 1.54) is 19.3 Å². The number of allylic oxidation sites excluding steroid dienone is 4. The van der Waals surface area contributed by atoms with Crippen molar-refractivity contribution in [2.24, 2.45) is 0 Å². The Hall–Kier alpha value is -1.71. The highest BCUT2D eigenvalue weighted by atomic mass is 16.6. The fraction of sp³-hybridized carbons (Fsp3) is 0.611. The summed E-state index contributed by atoms with van der Waals surface area (Å²) >= 11 is 0. The minimum atomic E-state index is -0.666. The largest absolute Gasteiger partial charge is 0.303 e. The summed E-state index contributed by atoms with van der Waals surface area (Å²) in [5.41, 5.74) is 0. The summed E-state index contributed by atoms with van der Waals surface area (Å²) in [6.45, 7) is 2.19. The van der Waals surface area contributed by atoms with E-state index in [4.69, 9.17) is 0 Å². The van der Waals surface area contributed by atoms with Gasteiger partial charge in [-0.1, -0.05) is 50.1 Å². The fourth-order valence-electron chi connectivity index (χ4n) is 1.94. The molecule has 0 amide bonds. The lowest BCUT2D eigenvalue weighted by molar-refractivity contribution is -0.508. The van der Waals surface area contributed by atoms with Crippen LogP contribution < -0.4 is 0 Å². The second-order valence-electron chi connectivity index (χ2n) is 5.29. The molecule has 0 aromatic rings. The van der Waals surface area contributed by atoms with Crippen LogP contribution >= 0.6 is 0 Å². The lowest BCUT2D eigenvalue weighted by Gasteiger charge is -2.00. The van der Waals surface area contributed by atoms with E-state index in [9.17, 15) is 14.9 Å². The molecule has 0 aliphatic carbocycles. The summed E-state index contributed by atoms with van der Waals surface area (Å²) in [6.07, 6.45) is 20.5. The van der Waals surface area contributed by atoms with E-state index >= 15 is 0 Å². The van der Waals surface area contributed by atoms with E-state index < -0.39 is 6.04 Å². The number of hydrogen-bond donors (Lipinski definition) is 0. The van der Waals surface area contributed by atoms with Crippen molar-refractivity contribution in [3.63, 3.8) is 0 Å². The molecule has 0 aromatic carbocycles. The van der Waals surface area contributed by atoms with Crippen molar-refractivity contribution in [2.75, 3.05) is 0 Å². The molecule has 0 bridgehead atoms. The molecule has 0 rings (SSSR count). The van der Waals surface area contributed by atoms with E-state index in [-0.39, 0.29) is 4.92 Å². The van der Waals surface area contributed by atoms with Crippen molar-refractivity contribution in [1.29, 1.82) is 0 Å². The fourth-order valence-corrected chi connectivity index (χ4v) is 1.94. The van der Waals surface area contributed by atoms with Crippen LogP contribution in [0.2, 0.25) is 0 Å². The number of hydrogen-bond acceptors (Lipinski definition) is 3. The van der Waals surface area contributed by atoms with Crippen LogP contribution in [0.3, 0.4) is 0 Å². The van der Waals surface area contributed by atoms with Crippen LogP contribution in [-0.2, 0) is 4.79 Å². The van der Waals surface area contributed by atoms with E-state index in [1.54, 1.807) is 12.2 Å². The first kappa shape index (κ1) is 20.3. The predicted molar refractivity (Wildman–Crippen MR) is 91.5 cm³/mol. The van der Waals surface area contributed by atoms with Crippen LogP contribution in [-0.4, -0.2) is 17.3 Å². The smallest absolute Gasteiger partial charge is 0.234 e. The van der Waals surface area contributed by atoms with E-state index in [2.05, 4.69) is 19.1 Å². The number of unbranched alkanes of at least 4 members (excludes halogenated alkanes) is 5.